The molecule has 1 N–H and O–H groups in total. The molecule has 2 nitrogen and oxygen atoms in total. The minimum absolute atomic E-state index is 0.177. The van der Waals surface area contributed by atoms with Gasteiger partial charge < -0.3 is 10.1 Å². The van der Waals surface area contributed by atoms with Crippen molar-refractivity contribution in [3.63, 3.8) is 0 Å². The van der Waals surface area contributed by atoms with E-state index in [9.17, 15) is 8.78 Å². The number of nitrogens with one attached hydrogen (secondary N) is 1. The Bertz CT molecular complexity index is 399. The maximum absolute atomic E-state index is 12.2. The van der Waals surface area contributed by atoms with Crippen molar-refractivity contribution in [1.29, 1.82) is 0 Å². The summed E-state index contributed by atoms with van der Waals surface area (Å²) in [5, 5.41) is 3.05. The van der Waals surface area contributed by atoms with Gasteiger partial charge in [0.1, 0.15) is 5.75 Å². The zero-order chi connectivity index (χ0) is 12.8. The molecule has 0 unspecified atom stereocenters. The zero-order valence-corrected chi connectivity index (χ0v) is 12.0. The highest BCUT2D eigenvalue weighted by Gasteiger charge is 2.09. The summed E-state index contributed by atoms with van der Waals surface area (Å²) in [6.45, 7) is 1.83. The van der Waals surface area contributed by atoms with Crippen LogP contribution in [0, 0.1) is 0 Å². The van der Waals surface area contributed by atoms with Crippen molar-refractivity contribution < 1.29 is 13.5 Å². The van der Waals surface area contributed by atoms with Crippen LogP contribution in [0.5, 0.6) is 5.75 Å². The van der Waals surface area contributed by atoms with Gasteiger partial charge in [-0.2, -0.15) is 8.78 Å². The molecule has 6 heteroatoms. The maximum atomic E-state index is 12.2. The molecule has 0 aliphatic heterocycles. The van der Waals surface area contributed by atoms with Gasteiger partial charge in [-0.05, 0) is 18.2 Å². The molecule has 0 amide bonds. The number of benzene rings is 1. The van der Waals surface area contributed by atoms with E-state index in [2.05, 4.69) is 48.5 Å². The first kappa shape index (κ1) is 14.6. The number of ether oxygens (including phenoxy) is 1. The third kappa shape index (κ3) is 5.61. The van der Waals surface area contributed by atoms with Gasteiger partial charge in [-0.3, -0.25) is 0 Å². The lowest BCUT2D eigenvalue weighted by molar-refractivity contribution is -0.0505. The average molecular weight is 371 g/mol. The van der Waals surface area contributed by atoms with E-state index >= 15 is 0 Å². The van der Waals surface area contributed by atoms with Crippen LogP contribution in [0.25, 0.3) is 0 Å². The Labute approximate surface area is 115 Å². The van der Waals surface area contributed by atoms with E-state index < -0.39 is 6.61 Å². The summed E-state index contributed by atoms with van der Waals surface area (Å²) in [4.78, 5) is 0. The lowest BCUT2D eigenvalue weighted by atomic mass is 10.2. The summed E-state index contributed by atoms with van der Waals surface area (Å²) in [6.07, 6.45) is 0. The van der Waals surface area contributed by atoms with E-state index in [-0.39, 0.29) is 5.75 Å². The Morgan fingerprint density at radius 1 is 1.47 bits per heavy atom. The van der Waals surface area contributed by atoms with Crippen LogP contribution in [0.2, 0.25) is 0 Å². The van der Waals surface area contributed by atoms with E-state index in [1.807, 2.05) is 0 Å². The van der Waals surface area contributed by atoms with Gasteiger partial charge in [-0.15, -0.1) is 0 Å². The van der Waals surface area contributed by atoms with Crippen LogP contribution in [-0.2, 0) is 6.54 Å². The van der Waals surface area contributed by atoms with E-state index in [4.69, 9.17) is 0 Å². The van der Waals surface area contributed by atoms with Crippen molar-refractivity contribution in [2.75, 3.05) is 6.54 Å². The van der Waals surface area contributed by atoms with Gasteiger partial charge in [0.25, 0.3) is 0 Å². The molecule has 0 aliphatic carbocycles. The van der Waals surface area contributed by atoms with E-state index in [1.54, 1.807) is 12.1 Å². The standard InChI is InChI=1S/C11H11Br2F2NO/c1-7(12)5-16-6-8-4-9(13)2-3-10(8)17-11(14)15/h2-4,11,16H,1,5-6H2. The highest BCUT2D eigenvalue weighted by atomic mass is 79.9. The Morgan fingerprint density at radius 2 is 2.18 bits per heavy atom. The first-order chi connectivity index (χ1) is 7.99. The molecular formula is C11H11Br2F2NO. The quantitative estimate of drug-likeness (QED) is 0.815. The molecule has 17 heavy (non-hydrogen) atoms. The molecule has 1 aromatic carbocycles. The Morgan fingerprint density at radius 3 is 2.76 bits per heavy atom. The molecule has 0 saturated heterocycles. The van der Waals surface area contributed by atoms with Crippen LogP contribution >= 0.6 is 31.9 Å². The molecule has 0 fully saturated rings. The van der Waals surface area contributed by atoms with E-state index in [0.29, 0.717) is 18.7 Å². The third-order valence-corrected chi connectivity index (χ3v) is 2.64. The molecule has 0 saturated carbocycles. The van der Waals surface area contributed by atoms with Crippen LogP contribution in [0.1, 0.15) is 5.56 Å². The minimum atomic E-state index is -2.82. The number of rotatable bonds is 6. The van der Waals surface area contributed by atoms with Gasteiger partial charge in [-0.25, -0.2) is 0 Å². The minimum Gasteiger partial charge on any atom is -0.434 e. The second-order valence-electron chi connectivity index (χ2n) is 3.25. The van der Waals surface area contributed by atoms with Crippen molar-refractivity contribution >= 4 is 31.9 Å². The Balaban J connectivity index is 2.72. The average Bonchev–Trinajstić information content (AvgIpc) is 2.21. The van der Waals surface area contributed by atoms with Gasteiger partial charge in [0.15, 0.2) is 0 Å². The molecule has 0 aromatic heterocycles. The number of hydrogen-bond acceptors (Lipinski definition) is 2. The summed E-state index contributed by atoms with van der Waals surface area (Å²) in [7, 11) is 0. The van der Waals surface area contributed by atoms with Crippen molar-refractivity contribution in [3.8, 4) is 5.75 Å². The lowest BCUT2D eigenvalue weighted by Gasteiger charge is -2.11. The Hall–Kier alpha value is -0.460. The fourth-order valence-corrected chi connectivity index (χ4v) is 1.84. The van der Waals surface area contributed by atoms with Gasteiger partial charge in [-0.1, -0.05) is 38.4 Å². The smallest absolute Gasteiger partial charge is 0.387 e. The zero-order valence-electron chi connectivity index (χ0n) is 8.85. The van der Waals surface area contributed by atoms with E-state index in [0.717, 1.165) is 8.96 Å². The van der Waals surface area contributed by atoms with Crippen molar-refractivity contribution in [2.24, 2.45) is 0 Å². The highest BCUT2D eigenvalue weighted by Crippen LogP contribution is 2.24. The monoisotopic (exact) mass is 369 g/mol. The largest absolute Gasteiger partial charge is 0.434 e. The fraction of sp³-hybridized carbons (Fsp3) is 0.273. The second-order valence-corrected chi connectivity index (χ2v) is 5.29. The molecule has 0 bridgehead atoms. The highest BCUT2D eigenvalue weighted by molar-refractivity contribution is 9.11. The van der Waals surface area contributed by atoms with Gasteiger partial charge in [0.2, 0.25) is 0 Å². The molecular weight excluding hydrogens is 360 g/mol. The van der Waals surface area contributed by atoms with Crippen LogP contribution in [0.4, 0.5) is 8.78 Å². The predicted molar refractivity (Wildman–Crippen MR) is 70.5 cm³/mol. The lowest BCUT2D eigenvalue weighted by Crippen LogP contribution is -2.16. The van der Waals surface area contributed by atoms with Crippen molar-refractivity contribution in [3.05, 3.63) is 39.3 Å². The molecule has 1 aromatic rings. The summed E-state index contributed by atoms with van der Waals surface area (Å²) in [5.41, 5.74) is 0.661. The predicted octanol–water partition coefficient (Wildman–Crippen LogP) is 4.05. The second kappa shape index (κ2) is 7.08. The summed E-state index contributed by atoms with van der Waals surface area (Å²) in [6, 6.07) is 4.91. The van der Waals surface area contributed by atoms with E-state index in [1.165, 1.54) is 6.07 Å². The van der Waals surface area contributed by atoms with Gasteiger partial charge >= 0.3 is 6.61 Å². The van der Waals surface area contributed by atoms with Crippen LogP contribution in [0.3, 0.4) is 0 Å². The Kier molecular flexibility index (Phi) is 6.08. The molecule has 1 rings (SSSR count). The van der Waals surface area contributed by atoms with Gasteiger partial charge in [0.05, 0.1) is 0 Å². The summed E-state index contributed by atoms with van der Waals surface area (Å²) < 4.78 is 30.4. The first-order valence-corrected chi connectivity index (χ1v) is 6.35. The molecule has 0 aliphatic rings. The van der Waals surface area contributed by atoms with Crippen LogP contribution in [0.15, 0.2) is 33.7 Å². The SMILES string of the molecule is C=C(Br)CNCc1cc(Br)ccc1OC(F)F. The van der Waals surface area contributed by atoms with Gasteiger partial charge in [0, 0.05) is 27.6 Å². The molecule has 0 spiro atoms. The normalized spacial score (nSPS) is 10.6. The number of halogens is 4. The summed E-state index contributed by atoms with van der Waals surface area (Å²) in [5.74, 6) is 0.177. The third-order valence-electron chi connectivity index (χ3n) is 1.87. The summed E-state index contributed by atoms with van der Waals surface area (Å²) >= 11 is 6.49. The van der Waals surface area contributed by atoms with Crippen LogP contribution in [-0.4, -0.2) is 13.2 Å². The number of hydrogen-bond donors (Lipinski definition) is 1. The molecule has 94 valence electrons. The van der Waals surface area contributed by atoms with Crippen LogP contribution < -0.4 is 10.1 Å². The fourth-order valence-electron chi connectivity index (χ4n) is 1.23. The molecule has 0 atom stereocenters. The van der Waals surface area contributed by atoms with Crippen molar-refractivity contribution in [1.82, 2.24) is 5.32 Å². The molecule has 0 radical (unpaired) electrons. The topological polar surface area (TPSA) is 21.3 Å². The number of alkyl halides is 2. The first-order valence-electron chi connectivity index (χ1n) is 4.76. The maximum Gasteiger partial charge on any atom is 0.387 e. The van der Waals surface area contributed by atoms with Crippen molar-refractivity contribution in [2.45, 2.75) is 13.2 Å². The molecule has 0 heterocycles.